The summed E-state index contributed by atoms with van der Waals surface area (Å²) in [6.07, 6.45) is 8.77. The molecule has 0 aromatic carbocycles. The van der Waals surface area contributed by atoms with E-state index in [1.54, 1.807) is 0 Å². The van der Waals surface area contributed by atoms with E-state index in [1.165, 1.54) is 19.3 Å². The minimum absolute atomic E-state index is 0.145. The van der Waals surface area contributed by atoms with Crippen LogP contribution in [0.25, 0.3) is 0 Å². The molecule has 3 fully saturated rings. The molecule has 2 unspecified atom stereocenters. The Morgan fingerprint density at radius 2 is 2.00 bits per heavy atom. The minimum Gasteiger partial charge on any atom is -0.355 e. The van der Waals surface area contributed by atoms with Crippen molar-refractivity contribution < 1.29 is 9.59 Å². The van der Waals surface area contributed by atoms with Crippen LogP contribution in [-0.4, -0.2) is 42.3 Å². The van der Waals surface area contributed by atoms with Crippen LogP contribution in [0.4, 0.5) is 0 Å². The summed E-state index contributed by atoms with van der Waals surface area (Å²) in [6.45, 7) is 2.31. The first kappa shape index (κ1) is 14.1. The standard InChI is InChI=1S/C16H26N2O2/c19-15-6-2-1-4-13(15)14-5-3-9-18(14)11-16(20)17-10-12-7-8-12/h12-14H,1-11H2,(H,17,20). The monoisotopic (exact) mass is 278 g/mol. The summed E-state index contributed by atoms with van der Waals surface area (Å²) in [4.78, 5) is 26.4. The molecule has 0 radical (unpaired) electrons. The van der Waals surface area contributed by atoms with Gasteiger partial charge in [-0.05, 0) is 51.0 Å². The SMILES string of the molecule is O=C(CN1CCCC1C1CCCCC1=O)NCC1CC1. The van der Waals surface area contributed by atoms with E-state index in [0.717, 1.165) is 51.1 Å². The number of carbonyl (C=O) groups excluding carboxylic acids is 2. The van der Waals surface area contributed by atoms with Crippen LogP contribution in [0.5, 0.6) is 0 Å². The van der Waals surface area contributed by atoms with E-state index in [-0.39, 0.29) is 11.8 Å². The van der Waals surface area contributed by atoms with Gasteiger partial charge in [0.25, 0.3) is 0 Å². The van der Waals surface area contributed by atoms with E-state index in [1.807, 2.05) is 0 Å². The second-order valence-electron chi connectivity index (χ2n) is 6.75. The zero-order valence-corrected chi connectivity index (χ0v) is 12.3. The molecule has 4 nitrogen and oxygen atoms in total. The van der Waals surface area contributed by atoms with Crippen molar-refractivity contribution in [2.24, 2.45) is 11.8 Å². The summed E-state index contributed by atoms with van der Waals surface area (Å²) in [5.41, 5.74) is 0. The second kappa shape index (κ2) is 6.25. The Hall–Kier alpha value is -0.900. The van der Waals surface area contributed by atoms with Gasteiger partial charge in [-0.1, -0.05) is 6.42 Å². The van der Waals surface area contributed by atoms with Gasteiger partial charge in [-0.25, -0.2) is 0 Å². The molecule has 3 aliphatic rings. The van der Waals surface area contributed by atoms with E-state index >= 15 is 0 Å². The number of nitrogens with zero attached hydrogens (tertiary/aromatic N) is 1. The number of hydrogen-bond donors (Lipinski definition) is 1. The van der Waals surface area contributed by atoms with Crippen molar-refractivity contribution in [2.75, 3.05) is 19.6 Å². The quantitative estimate of drug-likeness (QED) is 0.833. The van der Waals surface area contributed by atoms with Gasteiger partial charge in [-0.3, -0.25) is 14.5 Å². The number of Topliss-reactive ketones (excluding diaryl/α,β-unsaturated/α-hetero) is 1. The third-order valence-corrected chi connectivity index (χ3v) is 5.11. The smallest absolute Gasteiger partial charge is 0.234 e. The first-order valence-corrected chi connectivity index (χ1v) is 8.27. The van der Waals surface area contributed by atoms with Gasteiger partial charge in [0.15, 0.2) is 0 Å². The second-order valence-corrected chi connectivity index (χ2v) is 6.75. The summed E-state index contributed by atoms with van der Waals surface area (Å²) >= 11 is 0. The fraction of sp³-hybridized carbons (Fsp3) is 0.875. The normalized spacial score (nSPS) is 31.5. The zero-order valence-electron chi connectivity index (χ0n) is 12.3. The van der Waals surface area contributed by atoms with E-state index in [2.05, 4.69) is 10.2 Å². The minimum atomic E-state index is 0.145. The Bertz CT molecular complexity index is 379. The van der Waals surface area contributed by atoms with Crippen molar-refractivity contribution in [1.29, 1.82) is 0 Å². The number of nitrogens with one attached hydrogen (secondary N) is 1. The largest absolute Gasteiger partial charge is 0.355 e. The number of carbonyl (C=O) groups is 2. The molecular formula is C16H26N2O2. The lowest BCUT2D eigenvalue weighted by atomic mass is 9.82. The van der Waals surface area contributed by atoms with Crippen LogP contribution < -0.4 is 5.32 Å². The molecule has 1 N–H and O–H groups in total. The molecule has 1 aliphatic heterocycles. The Morgan fingerprint density at radius 1 is 1.15 bits per heavy atom. The van der Waals surface area contributed by atoms with Gasteiger partial charge in [-0.2, -0.15) is 0 Å². The molecule has 0 aromatic rings. The topological polar surface area (TPSA) is 49.4 Å². The molecule has 2 aliphatic carbocycles. The van der Waals surface area contributed by atoms with Crippen molar-refractivity contribution in [3.8, 4) is 0 Å². The molecule has 2 atom stereocenters. The van der Waals surface area contributed by atoms with Crippen LogP contribution in [0.15, 0.2) is 0 Å². The van der Waals surface area contributed by atoms with Crippen LogP contribution >= 0.6 is 0 Å². The van der Waals surface area contributed by atoms with Gasteiger partial charge in [-0.15, -0.1) is 0 Å². The molecule has 1 heterocycles. The summed E-state index contributed by atoms with van der Waals surface area (Å²) in [5, 5.41) is 3.04. The fourth-order valence-electron chi connectivity index (χ4n) is 3.74. The zero-order chi connectivity index (χ0) is 13.9. The van der Waals surface area contributed by atoms with Gasteiger partial charge < -0.3 is 5.32 Å². The third-order valence-electron chi connectivity index (χ3n) is 5.11. The summed E-state index contributed by atoms with van der Waals surface area (Å²) in [5.74, 6) is 1.51. The van der Waals surface area contributed by atoms with E-state index in [4.69, 9.17) is 0 Å². The molecule has 3 rings (SSSR count). The highest BCUT2D eigenvalue weighted by Gasteiger charge is 2.37. The lowest BCUT2D eigenvalue weighted by Crippen LogP contribution is -2.45. The predicted molar refractivity (Wildman–Crippen MR) is 77.3 cm³/mol. The van der Waals surface area contributed by atoms with Gasteiger partial charge in [0.2, 0.25) is 5.91 Å². The van der Waals surface area contributed by atoms with Crippen LogP contribution in [0.3, 0.4) is 0 Å². The van der Waals surface area contributed by atoms with Crippen molar-refractivity contribution >= 4 is 11.7 Å². The molecule has 2 saturated carbocycles. The summed E-state index contributed by atoms with van der Waals surface area (Å²) in [6, 6.07) is 0.328. The first-order valence-electron chi connectivity index (χ1n) is 8.27. The summed E-state index contributed by atoms with van der Waals surface area (Å²) in [7, 11) is 0. The van der Waals surface area contributed by atoms with Crippen LogP contribution in [0, 0.1) is 11.8 Å². The molecule has 20 heavy (non-hydrogen) atoms. The third kappa shape index (κ3) is 3.40. The summed E-state index contributed by atoms with van der Waals surface area (Å²) < 4.78 is 0. The lowest BCUT2D eigenvalue weighted by Gasteiger charge is -2.32. The highest BCUT2D eigenvalue weighted by molar-refractivity contribution is 5.82. The maximum Gasteiger partial charge on any atom is 0.234 e. The van der Waals surface area contributed by atoms with Gasteiger partial charge >= 0.3 is 0 Å². The van der Waals surface area contributed by atoms with Crippen molar-refractivity contribution in [2.45, 2.75) is 57.4 Å². The average molecular weight is 278 g/mol. The molecule has 1 amide bonds. The average Bonchev–Trinajstić information content (AvgIpc) is 3.17. The Morgan fingerprint density at radius 3 is 2.75 bits per heavy atom. The number of ketones is 1. The maximum atomic E-state index is 12.1. The van der Waals surface area contributed by atoms with Gasteiger partial charge in [0, 0.05) is 24.9 Å². The van der Waals surface area contributed by atoms with Crippen molar-refractivity contribution in [1.82, 2.24) is 10.2 Å². The van der Waals surface area contributed by atoms with Crippen molar-refractivity contribution in [3.63, 3.8) is 0 Å². The van der Waals surface area contributed by atoms with E-state index in [9.17, 15) is 9.59 Å². The number of likely N-dealkylation sites (tertiary alicyclic amines) is 1. The van der Waals surface area contributed by atoms with E-state index in [0.29, 0.717) is 18.4 Å². The number of amides is 1. The molecule has 0 bridgehead atoms. The van der Waals surface area contributed by atoms with Gasteiger partial charge in [0.1, 0.15) is 5.78 Å². The predicted octanol–water partition coefficient (Wildman–Crippen LogP) is 1.74. The Kier molecular flexibility index (Phi) is 4.39. The van der Waals surface area contributed by atoms with Crippen LogP contribution in [0.1, 0.15) is 51.4 Å². The molecule has 4 heteroatoms. The number of hydrogen-bond acceptors (Lipinski definition) is 3. The van der Waals surface area contributed by atoms with Gasteiger partial charge in [0.05, 0.1) is 6.54 Å². The highest BCUT2D eigenvalue weighted by Crippen LogP contribution is 2.32. The maximum absolute atomic E-state index is 12.1. The molecular weight excluding hydrogens is 252 g/mol. The van der Waals surface area contributed by atoms with Crippen LogP contribution in [-0.2, 0) is 9.59 Å². The fourth-order valence-corrected chi connectivity index (χ4v) is 3.74. The lowest BCUT2D eigenvalue weighted by molar-refractivity contribution is -0.129. The van der Waals surface area contributed by atoms with E-state index < -0.39 is 0 Å². The first-order chi connectivity index (χ1) is 9.74. The molecule has 112 valence electrons. The molecule has 0 aromatic heterocycles. The Labute approximate surface area is 121 Å². The van der Waals surface area contributed by atoms with Crippen molar-refractivity contribution in [3.05, 3.63) is 0 Å². The highest BCUT2D eigenvalue weighted by atomic mass is 16.2. The van der Waals surface area contributed by atoms with Crippen LogP contribution in [0.2, 0.25) is 0 Å². The molecule has 1 saturated heterocycles. The number of rotatable bonds is 5. The molecule has 0 spiro atoms. The Balaban J connectivity index is 1.51.